The van der Waals surface area contributed by atoms with Crippen molar-refractivity contribution in [1.29, 1.82) is 0 Å². The average Bonchev–Trinajstić information content (AvgIpc) is 3.30. The Morgan fingerprint density at radius 3 is 2.36 bits per heavy atom. The summed E-state index contributed by atoms with van der Waals surface area (Å²) in [5.41, 5.74) is 3.46. The molecule has 1 N–H and O–H groups in total. The second-order valence-corrected chi connectivity index (χ2v) is 8.37. The van der Waals surface area contributed by atoms with Crippen LogP contribution in [0.15, 0.2) is 59.5 Å². The van der Waals surface area contributed by atoms with Crippen LogP contribution in [-0.4, -0.2) is 37.3 Å². The molecular weight excluding hydrogens is 440 g/mol. The van der Waals surface area contributed by atoms with Crippen LogP contribution >= 0.6 is 11.3 Å². The highest BCUT2D eigenvalue weighted by atomic mass is 32.1. The van der Waals surface area contributed by atoms with E-state index >= 15 is 0 Å². The maximum Gasteiger partial charge on any atom is 0.250 e. The van der Waals surface area contributed by atoms with Crippen molar-refractivity contribution in [2.24, 2.45) is 0 Å². The van der Waals surface area contributed by atoms with E-state index in [4.69, 9.17) is 18.9 Å². The van der Waals surface area contributed by atoms with Crippen molar-refractivity contribution in [3.63, 3.8) is 0 Å². The molecule has 0 unspecified atom stereocenters. The highest BCUT2D eigenvalue weighted by Crippen LogP contribution is 2.35. The minimum Gasteiger partial charge on any atom is -0.486 e. The van der Waals surface area contributed by atoms with E-state index in [1.807, 2.05) is 60.9 Å². The van der Waals surface area contributed by atoms with E-state index in [2.05, 4.69) is 10.3 Å². The lowest BCUT2D eigenvalue weighted by molar-refractivity contribution is -0.111. The number of thiazole rings is 1. The zero-order valence-electron chi connectivity index (χ0n) is 18.0. The standard InChI is InChI=1S/C25H22N2O5S/c1-16(2-3-17-4-6-20-22(13-17)31-10-8-29-20)12-24(28)27-25-26-19(15-33-25)18-5-7-21-23(14-18)32-11-9-30-21/h2-7,12-15H,8-11H2,1H3,(H,26,27,28)/b3-2+,16-12+. The number of carbonyl (C=O) groups is 1. The molecule has 8 heteroatoms. The van der Waals surface area contributed by atoms with Crippen molar-refractivity contribution in [2.75, 3.05) is 31.7 Å². The summed E-state index contributed by atoms with van der Waals surface area (Å²) in [6.07, 6.45) is 5.36. The van der Waals surface area contributed by atoms with Gasteiger partial charge < -0.3 is 18.9 Å². The van der Waals surface area contributed by atoms with Gasteiger partial charge in [0, 0.05) is 17.0 Å². The fraction of sp³-hybridized carbons (Fsp3) is 0.200. The summed E-state index contributed by atoms with van der Waals surface area (Å²) in [5.74, 6) is 2.70. The lowest BCUT2D eigenvalue weighted by atomic mass is 10.1. The SMILES string of the molecule is CC(/C=C/c1ccc2c(c1)OCCO2)=C\C(=O)Nc1nc(-c2ccc3c(c2)OCCO3)cs1. The second kappa shape index (κ2) is 9.38. The first kappa shape index (κ1) is 21.1. The highest BCUT2D eigenvalue weighted by Gasteiger charge is 2.14. The number of benzene rings is 2. The van der Waals surface area contributed by atoms with E-state index < -0.39 is 0 Å². The van der Waals surface area contributed by atoms with E-state index in [1.165, 1.54) is 11.3 Å². The van der Waals surface area contributed by atoms with Crippen LogP contribution in [0.4, 0.5) is 5.13 Å². The number of nitrogens with zero attached hydrogens (tertiary/aromatic N) is 1. The molecule has 2 aromatic carbocycles. The van der Waals surface area contributed by atoms with E-state index in [0.29, 0.717) is 37.3 Å². The maximum absolute atomic E-state index is 12.4. The van der Waals surface area contributed by atoms with E-state index in [9.17, 15) is 4.79 Å². The third kappa shape index (κ3) is 5.01. The van der Waals surface area contributed by atoms with Gasteiger partial charge in [-0.2, -0.15) is 0 Å². The Balaban J connectivity index is 1.22. The van der Waals surface area contributed by atoms with Crippen molar-refractivity contribution >= 4 is 28.5 Å². The Kier molecular flexibility index (Phi) is 5.99. The molecule has 5 rings (SSSR count). The van der Waals surface area contributed by atoms with Crippen molar-refractivity contribution in [3.8, 4) is 34.3 Å². The summed E-state index contributed by atoms with van der Waals surface area (Å²) < 4.78 is 22.3. The first-order valence-electron chi connectivity index (χ1n) is 10.6. The Hall–Kier alpha value is -3.78. The van der Waals surface area contributed by atoms with Crippen LogP contribution in [0, 0.1) is 0 Å². The van der Waals surface area contributed by atoms with Gasteiger partial charge >= 0.3 is 0 Å². The molecule has 0 aliphatic carbocycles. The molecule has 0 atom stereocenters. The summed E-state index contributed by atoms with van der Waals surface area (Å²) in [6, 6.07) is 11.5. The van der Waals surface area contributed by atoms with Crippen LogP contribution in [-0.2, 0) is 4.79 Å². The normalized spacial score (nSPS) is 14.9. The first-order chi connectivity index (χ1) is 16.1. The number of aromatic nitrogens is 1. The molecule has 1 aromatic heterocycles. The molecule has 0 bridgehead atoms. The molecule has 1 amide bonds. The Morgan fingerprint density at radius 2 is 1.61 bits per heavy atom. The number of carbonyl (C=O) groups excluding carboxylic acids is 1. The molecule has 0 saturated carbocycles. The quantitative estimate of drug-likeness (QED) is 0.427. The summed E-state index contributed by atoms with van der Waals surface area (Å²) in [4.78, 5) is 17.0. The number of hydrogen-bond donors (Lipinski definition) is 1. The molecule has 3 heterocycles. The minimum atomic E-state index is -0.234. The topological polar surface area (TPSA) is 78.9 Å². The third-order valence-corrected chi connectivity index (χ3v) is 5.79. The lowest BCUT2D eigenvalue weighted by Gasteiger charge is -2.18. The molecule has 3 aromatic rings. The number of ether oxygens (including phenoxy) is 4. The van der Waals surface area contributed by atoms with Gasteiger partial charge in [-0.15, -0.1) is 11.3 Å². The Labute approximate surface area is 195 Å². The van der Waals surface area contributed by atoms with Gasteiger partial charge in [0.25, 0.3) is 0 Å². The summed E-state index contributed by atoms with van der Waals surface area (Å²) in [5, 5.41) is 5.26. The van der Waals surface area contributed by atoms with Gasteiger partial charge in [0.1, 0.15) is 26.4 Å². The minimum absolute atomic E-state index is 0.234. The zero-order chi connectivity index (χ0) is 22.6. The smallest absolute Gasteiger partial charge is 0.250 e. The number of nitrogens with one attached hydrogen (secondary N) is 1. The summed E-state index contributed by atoms with van der Waals surface area (Å²) in [6.45, 7) is 4.07. The molecule has 0 radical (unpaired) electrons. The Morgan fingerprint density at radius 1 is 0.939 bits per heavy atom. The van der Waals surface area contributed by atoms with E-state index in [1.54, 1.807) is 6.08 Å². The number of allylic oxidation sites excluding steroid dienone is 2. The predicted octanol–water partition coefficient (Wildman–Crippen LogP) is 4.95. The third-order valence-electron chi connectivity index (χ3n) is 5.04. The molecule has 2 aliphatic heterocycles. The van der Waals surface area contributed by atoms with Crippen LogP contribution < -0.4 is 24.3 Å². The second-order valence-electron chi connectivity index (χ2n) is 7.51. The van der Waals surface area contributed by atoms with Gasteiger partial charge in [0.05, 0.1) is 5.69 Å². The van der Waals surface area contributed by atoms with Gasteiger partial charge in [-0.05, 0) is 48.4 Å². The number of anilines is 1. The zero-order valence-corrected chi connectivity index (χ0v) is 18.8. The van der Waals surface area contributed by atoms with Gasteiger partial charge in [-0.3, -0.25) is 10.1 Å². The highest BCUT2D eigenvalue weighted by molar-refractivity contribution is 7.14. The van der Waals surface area contributed by atoms with Crippen LogP contribution in [0.5, 0.6) is 23.0 Å². The fourth-order valence-electron chi connectivity index (χ4n) is 3.45. The molecule has 2 aliphatic rings. The number of rotatable bonds is 5. The van der Waals surface area contributed by atoms with Crippen LogP contribution in [0.2, 0.25) is 0 Å². The molecule has 168 valence electrons. The van der Waals surface area contributed by atoms with Crippen molar-refractivity contribution in [1.82, 2.24) is 4.98 Å². The predicted molar refractivity (Wildman–Crippen MR) is 127 cm³/mol. The molecule has 7 nitrogen and oxygen atoms in total. The monoisotopic (exact) mass is 462 g/mol. The molecule has 0 spiro atoms. The van der Waals surface area contributed by atoms with Gasteiger partial charge in [-0.25, -0.2) is 4.98 Å². The summed E-state index contributed by atoms with van der Waals surface area (Å²) in [7, 11) is 0. The Bertz CT molecular complexity index is 1250. The van der Waals surface area contributed by atoms with Crippen molar-refractivity contribution in [3.05, 3.63) is 65.1 Å². The number of hydrogen-bond acceptors (Lipinski definition) is 7. The molecule has 33 heavy (non-hydrogen) atoms. The van der Waals surface area contributed by atoms with E-state index in [0.717, 1.165) is 39.6 Å². The van der Waals surface area contributed by atoms with Gasteiger partial charge in [-0.1, -0.05) is 18.2 Å². The van der Waals surface area contributed by atoms with Crippen molar-refractivity contribution in [2.45, 2.75) is 6.92 Å². The van der Waals surface area contributed by atoms with Crippen LogP contribution in [0.1, 0.15) is 12.5 Å². The fourth-order valence-corrected chi connectivity index (χ4v) is 4.18. The lowest BCUT2D eigenvalue weighted by Crippen LogP contribution is -2.15. The number of amides is 1. The summed E-state index contributed by atoms with van der Waals surface area (Å²) >= 11 is 1.37. The maximum atomic E-state index is 12.4. The van der Waals surface area contributed by atoms with Crippen molar-refractivity contribution < 1.29 is 23.7 Å². The average molecular weight is 463 g/mol. The van der Waals surface area contributed by atoms with Gasteiger partial charge in [0.2, 0.25) is 5.91 Å². The van der Waals surface area contributed by atoms with Gasteiger partial charge in [0.15, 0.2) is 28.1 Å². The van der Waals surface area contributed by atoms with E-state index in [-0.39, 0.29) is 5.91 Å². The molecular formula is C25H22N2O5S. The molecule has 0 fully saturated rings. The van der Waals surface area contributed by atoms with Crippen LogP contribution in [0.25, 0.3) is 17.3 Å². The van der Waals surface area contributed by atoms with Crippen LogP contribution in [0.3, 0.4) is 0 Å². The first-order valence-corrected chi connectivity index (χ1v) is 11.4. The number of fused-ring (bicyclic) bond motifs is 2. The largest absolute Gasteiger partial charge is 0.486 e. The molecule has 0 saturated heterocycles.